The van der Waals surface area contributed by atoms with Crippen molar-refractivity contribution in [3.63, 3.8) is 0 Å². The van der Waals surface area contributed by atoms with Crippen molar-refractivity contribution in [2.24, 2.45) is 0 Å². The zero-order valence-corrected chi connectivity index (χ0v) is 15.2. The molecule has 6 nitrogen and oxygen atoms in total. The van der Waals surface area contributed by atoms with Crippen molar-refractivity contribution < 1.29 is 13.2 Å². The standard InChI is InChI=1S/C19H19N3O3S/c1-14-5-6-15(13-18(14)22-11-3-4-12-22)19(23)20-16-7-9-17(10-8-16)21-26(2,24)25/h3-13,21H,1-2H3,(H,20,23). The first kappa shape index (κ1) is 17.8. The second-order valence-corrected chi connectivity index (χ2v) is 7.75. The first-order valence-electron chi connectivity index (χ1n) is 7.95. The van der Waals surface area contributed by atoms with Crippen LogP contribution in [0, 0.1) is 6.92 Å². The Labute approximate surface area is 152 Å². The molecular formula is C19H19N3O3S. The van der Waals surface area contributed by atoms with Crippen LogP contribution in [0.3, 0.4) is 0 Å². The third-order valence-corrected chi connectivity index (χ3v) is 4.41. The van der Waals surface area contributed by atoms with E-state index in [1.54, 1.807) is 30.3 Å². The lowest BCUT2D eigenvalue weighted by atomic mass is 10.1. The maximum absolute atomic E-state index is 12.5. The third-order valence-electron chi connectivity index (χ3n) is 3.80. The second kappa shape index (κ2) is 7.05. The minimum absolute atomic E-state index is 0.234. The van der Waals surface area contributed by atoms with Crippen molar-refractivity contribution in [1.82, 2.24) is 4.57 Å². The molecule has 0 aliphatic carbocycles. The van der Waals surface area contributed by atoms with Gasteiger partial charge in [-0.05, 0) is 61.0 Å². The number of nitrogens with one attached hydrogen (secondary N) is 2. The number of nitrogens with zero attached hydrogens (tertiary/aromatic N) is 1. The molecule has 3 rings (SSSR count). The second-order valence-electron chi connectivity index (χ2n) is 6.00. The summed E-state index contributed by atoms with van der Waals surface area (Å²) in [6.07, 6.45) is 4.94. The zero-order chi connectivity index (χ0) is 18.7. The van der Waals surface area contributed by atoms with Gasteiger partial charge in [0.15, 0.2) is 0 Å². The number of carbonyl (C=O) groups is 1. The van der Waals surface area contributed by atoms with E-state index in [9.17, 15) is 13.2 Å². The molecule has 1 heterocycles. The number of sulfonamides is 1. The molecule has 1 aromatic heterocycles. The Bertz CT molecular complexity index is 1020. The number of aryl methyl sites for hydroxylation is 1. The highest BCUT2D eigenvalue weighted by molar-refractivity contribution is 7.92. The van der Waals surface area contributed by atoms with E-state index in [2.05, 4.69) is 10.0 Å². The minimum atomic E-state index is -3.33. The first-order chi connectivity index (χ1) is 12.3. The molecule has 0 saturated heterocycles. The Morgan fingerprint density at radius 3 is 2.19 bits per heavy atom. The summed E-state index contributed by atoms with van der Waals surface area (Å²) in [6.45, 7) is 1.99. The van der Waals surface area contributed by atoms with Crippen LogP contribution in [0.1, 0.15) is 15.9 Å². The highest BCUT2D eigenvalue weighted by atomic mass is 32.2. The molecule has 1 amide bonds. The lowest BCUT2D eigenvalue weighted by Gasteiger charge is -2.11. The maximum atomic E-state index is 12.5. The normalized spacial score (nSPS) is 11.2. The Balaban J connectivity index is 1.77. The van der Waals surface area contributed by atoms with Crippen molar-refractivity contribution >= 4 is 27.3 Å². The lowest BCUT2D eigenvalue weighted by molar-refractivity contribution is 0.102. The molecule has 0 saturated carbocycles. The summed E-state index contributed by atoms with van der Waals surface area (Å²) in [4.78, 5) is 12.5. The van der Waals surface area contributed by atoms with Gasteiger partial charge in [0.1, 0.15) is 0 Å². The number of hydrogen-bond acceptors (Lipinski definition) is 3. The van der Waals surface area contributed by atoms with Gasteiger partial charge in [-0.3, -0.25) is 9.52 Å². The Hall–Kier alpha value is -3.06. The van der Waals surface area contributed by atoms with Gasteiger partial charge in [-0.25, -0.2) is 8.42 Å². The molecule has 0 aliphatic heterocycles. The Morgan fingerprint density at radius 2 is 1.58 bits per heavy atom. The number of hydrogen-bond donors (Lipinski definition) is 2. The van der Waals surface area contributed by atoms with Gasteiger partial charge in [-0.1, -0.05) is 6.07 Å². The van der Waals surface area contributed by atoms with Gasteiger partial charge < -0.3 is 9.88 Å². The van der Waals surface area contributed by atoms with E-state index in [4.69, 9.17) is 0 Å². The molecule has 3 aromatic rings. The van der Waals surface area contributed by atoms with E-state index in [0.717, 1.165) is 17.5 Å². The van der Waals surface area contributed by atoms with Crippen LogP contribution in [-0.4, -0.2) is 25.1 Å². The van der Waals surface area contributed by atoms with Crippen LogP contribution in [0.2, 0.25) is 0 Å². The summed E-state index contributed by atoms with van der Waals surface area (Å²) < 4.78 is 26.8. The first-order valence-corrected chi connectivity index (χ1v) is 9.84. The molecule has 0 atom stereocenters. The van der Waals surface area contributed by atoms with Gasteiger partial charge in [0.25, 0.3) is 5.91 Å². The minimum Gasteiger partial charge on any atom is -0.324 e. The molecule has 0 unspecified atom stereocenters. The molecule has 2 aromatic carbocycles. The van der Waals surface area contributed by atoms with E-state index in [0.29, 0.717) is 16.9 Å². The summed E-state index contributed by atoms with van der Waals surface area (Å²) in [5.41, 5.74) is 3.56. The number of rotatable bonds is 5. The van der Waals surface area contributed by atoms with Gasteiger partial charge in [-0.15, -0.1) is 0 Å². The average Bonchev–Trinajstić information content (AvgIpc) is 3.10. The summed E-state index contributed by atoms with van der Waals surface area (Å²) in [6, 6.07) is 15.9. The SMILES string of the molecule is Cc1ccc(C(=O)Nc2ccc(NS(C)(=O)=O)cc2)cc1-n1cccc1. The monoisotopic (exact) mass is 369 g/mol. The van der Waals surface area contributed by atoms with Crippen LogP contribution < -0.4 is 10.0 Å². The van der Waals surface area contributed by atoms with Crippen LogP contribution >= 0.6 is 0 Å². The van der Waals surface area contributed by atoms with Crippen molar-refractivity contribution in [3.05, 3.63) is 78.1 Å². The van der Waals surface area contributed by atoms with Crippen LogP contribution in [0.15, 0.2) is 67.0 Å². The van der Waals surface area contributed by atoms with Gasteiger partial charge in [-0.2, -0.15) is 0 Å². The van der Waals surface area contributed by atoms with Gasteiger partial charge in [0.05, 0.1) is 6.26 Å². The lowest BCUT2D eigenvalue weighted by Crippen LogP contribution is -2.13. The molecule has 134 valence electrons. The predicted molar refractivity (Wildman–Crippen MR) is 103 cm³/mol. The quantitative estimate of drug-likeness (QED) is 0.723. The van der Waals surface area contributed by atoms with E-state index >= 15 is 0 Å². The van der Waals surface area contributed by atoms with Gasteiger partial charge in [0, 0.05) is 35.0 Å². The molecule has 2 N–H and O–H groups in total. The molecule has 26 heavy (non-hydrogen) atoms. The molecule has 0 radical (unpaired) electrons. The van der Waals surface area contributed by atoms with Crippen molar-refractivity contribution in [2.75, 3.05) is 16.3 Å². The molecule has 0 bridgehead atoms. The summed E-state index contributed by atoms with van der Waals surface area (Å²) in [7, 11) is -3.33. The smallest absolute Gasteiger partial charge is 0.255 e. The van der Waals surface area contributed by atoms with Gasteiger partial charge in [0.2, 0.25) is 10.0 Å². The molecule has 7 heteroatoms. The largest absolute Gasteiger partial charge is 0.324 e. The number of amides is 1. The fraction of sp³-hybridized carbons (Fsp3) is 0.105. The maximum Gasteiger partial charge on any atom is 0.255 e. The predicted octanol–water partition coefficient (Wildman–Crippen LogP) is 3.41. The third kappa shape index (κ3) is 4.31. The van der Waals surface area contributed by atoms with Crippen molar-refractivity contribution in [3.8, 4) is 5.69 Å². The van der Waals surface area contributed by atoms with Crippen LogP contribution in [0.5, 0.6) is 0 Å². The summed E-state index contributed by atoms with van der Waals surface area (Å²) in [5, 5.41) is 2.81. The van der Waals surface area contributed by atoms with E-state index in [1.807, 2.05) is 48.1 Å². The fourth-order valence-corrected chi connectivity index (χ4v) is 3.13. The van der Waals surface area contributed by atoms with Crippen LogP contribution in [0.4, 0.5) is 11.4 Å². The highest BCUT2D eigenvalue weighted by Gasteiger charge is 2.10. The van der Waals surface area contributed by atoms with E-state index < -0.39 is 10.0 Å². The Kier molecular flexibility index (Phi) is 4.81. The molecular weight excluding hydrogens is 350 g/mol. The average molecular weight is 369 g/mol. The number of aromatic nitrogens is 1. The highest BCUT2D eigenvalue weighted by Crippen LogP contribution is 2.19. The molecule has 0 aliphatic rings. The Morgan fingerprint density at radius 1 is 0.962 bits per heavy atom. The van der Waals surface area contributed by atoms with E-state index in [1.165, 1.54) is 0 Å². The van der Waals surface area contributed by atoms with Crippen molar-refractivity contribution in [2.45, 2.75) is 6.92 Å². The van der Waals surface area contributed by atoms with Crippen LogP contribution in [-0.2, 0) is 10.0 Å². The summed E-state index contributed by atoms with van der Waals surface area (Å²) >= 11 is 0. The van der Waals surface area contributed by atoms with E-state index in [-0.39, 0.29) is 5.91 Å². The van der Waals surface area contributed by atoms with Crippen molar-refractivity contribution in [1.29, 1.82) is 0 Å². The summed E-state index contributed by atoms with van der Waals surface area (Å²) in [5.74, 6) is -0.234. The molecule has 0 spiro atoms. The number of carbonyl (C=O) groups excluding carboxylic acids is 1. The number of benzene rings is 2. The van der Waals surface area contributed by atoms with Crippen LogP contribution in [0.25, 0.3) is 5.69 Å². The zero-order valence-electron chi connectivity index (χ0n) is 14.4. The van der Waals surface area contributed by atoms with Gasteiger partial charge >= 0.3 is 0 Å². The molecule has 0 fully saturated rings. The fourth-order valence-electron chi connectivity index (χ4n) is 2.56. The topological polar surface area (TPSA) is 80.2 Å². The number of anilines is 2.